The first-order valence-corrected chi connectivity index (χ1v) is 17.1. The maximum absolute atomic E-state index is 12.9. The van der Waals surface area contributed by atoms with Crippen molar-refractivity contribution >= 4 is 29.1 Å². The number of unbranched alkanes of at least 4 members (excludes halogenated alkanes) is 14. The second-order valence-corrected chi connectivity index (χ2v) is 12.4. The highest BCUT2D eigenvalue weighted by atomic mass is 16.6. The van der Waals surface area contributed by atoms with Gasteiger partial charge in [-0.2, -0.15) is 4.98 Å². The highest BCUT2D eigenvalue weighted by molar-refractivity contribution is 5.71. The highest BCUT2D eigenvalue weighted by Crippen LogP contribution is 2.42. The number of nitrogens with two attached hydrogens (primary N) is 1. The zero-order chi connectivity index (χ0) is 31.7. The number of rotatable bonds is 22. The van der Waals surface area contributed by atoms with Gasteiger partial charge in [-0.3, -0.25) is 19.4 Å². The van der Waals surface area contributed by atoms with Gasteiger partial charge in [0.05, 0.1) is 18.3 Å². The van der Waals surface area contributed by atoms with E-state index in [0.29, 0.717) is 24.9 Å². The minimum absolute atomic E-state index is 0.00681. The van der Waals surface area contributed by atoms with Crippen molar-refractivity contribution in [1.82, 2.24) is 19.5 Å². The van der Waals surface area contributed by atoms with Gasteiger partial charge in [0.1, 0.15) is 12.7 Å². The van der Waals surface area contributed by atoms with Crippen LogP contribution in [0.3, 0.4) is 0 Å². The normalized spacial score (nSPS) is 18.2. The Hall–Kier alpha value is -3.17. The molecule has 1 aliphatic rings. The number of ether oxygens (including phenoxy) is 2. The summed E-state index contributed by atoms with van der Waals surface area (Å²) in [6.07, 6.45) is 20.6. The van der Waals surface area contributed by atoms with Gasteiger partial charge >= 0.3 is 11.9 Å². The summed E-state index contributed by atoms with van der Waals surface area (Å²) in [6.45, 7) is 8.83. The Morgan fingerprint density at radius 3 is 2.05 bits per heavy atom. The van der Waals surface area contributed by atoms with Crippen LogP contribution in [0.5, 0.6) is 0 Å². The minimum Gasteiger partial charge on any atom is -0.465 e. The second kappa shape index (κ2) is 19.3. The molecular formula is C34H55N5O5. The molecule has 3 rings (SSSR count). The van der Waals surface area contributed by atoms with Gasteiger partial charge in [-0.15, -0.1) is 0 Å². The monoisotopic (exact) mass is 613 g/mol. The summed E-state index contributed by atoms with van der Waals surface area (Å²) in [6, 6.07) is -0.342. The summed E-state index contributed by atoms with van der Waals surface area (Å²) < 4.78 is 13.5. The summed E-state index contributed by atoms with van der Waals surface area (Å²) in [7, 11) is 0. The number of carbonyl (C=O) groups is 2. The molecule has 246 valence electrons. The Morgan fingerprint density at radius 2 is 1.45 bits per heavy atom. The van der Waals surface area contributed by atoms with Gasteiger partial charge in [0.15, 0.2) is 11.2 Å². The third-order valence-corrected chi connectivity index (χ3v) is 8.77. The van der Waals surface area contributed by atoms with E-state index in [1.165, 1.54) is 70.5 Å². The average molecular weight is 614 g/mol. The van der Waals surface area contributed by atoms with Crippen LogP contribution in [0.4, 0.5) is 5.95 Å². The average Bonchev–Trinajstić information content (AvgIpc) is 3.54. The van der Waals surface area contributed by atoms with E-state index in [0.717, 1.165) is 44.1 Å². The summed E-state index contributed by atoms with van der Waals surface area (Å²) in [5.41, 5.74) is 6.66. The number of aromatic amines is 1. The van der Waals surface area contributed by atoms with Gasteiger partial charge in [0.25, 0.3) is 5.56 Å². The minimum atomic E-state index is -0.512. The molecule has 44 heavy (non-hydrogen) atoms. The molecule has 0 aromatic carbocycles. The van der Waals surface area contributed by atoms with Crippen LogP contribution in [-0.2, 0) is 19.1 Å². The molecule has 2 heterocycles. The molecule has 2 unspecified atom stereocenters. The van der Waals surface area contributed by atoms with Crippen molar-refractivity contribution in [2.24, 2.45) is 5.92 Å². The van der Waals surface area contributed by atoms with Crippen molar-refractivity contribution in [3.05, 3.63) is 28.8 Å². The van der Waals surface area contributed by atoms with Gasteiger partial charge in [0, 0.05) is 19.3 Å². The summed E-state index contributed by atoms with van der Waals surface area (Å²) in [5, 5.41) is 0. The Morgan fingerprint density at radius 1 is 0.909 bits per heavy atom. The third-order valence-electron chi connectivity index (χ3n) is 8.77. The molecule has 10 heteroatoms. The first kappa shape index (κ1) is 35.3. The van der Waals surface area contributed by atoms with E-state index in [9.17, 15) is 14.4 Å². The first-order chi connectivity index (χ1) is 21.3. The molecule has 0 amide bonds. The number of nitrogens with one attached hydrogen (secondary N) is 1. The molecule has 0 saturated heterocycles. The molecule has 1 saturated carbocycles. The van der Waals surface area contributed by atoms with E-state index in [4.69, 9.17) is 15.2 Å². The summed E-state index contributed by atoms with van der Waals surface area (Å²) >= 11 is 0. The smallest absolute Gasteiger partial charge is 0.306 e. The van der Waals surface area contributed by atoms with E-state index >= 15 is 0 Å². The molecule has 0 aliphatic heterocycles. The Labute approximate surface area is 262 Å². The number of imidazole rings is 1. The summed E-state index contributed by atoms with van der Waals surface area (Å²) in [5.74, 6) is -0.876. The molecular weight excluding hydrogens is 558 g/mol. The second-order valence-electron chi connectivity index (χ2n) is 12.4. The molecule has 0 spiro atoms. The van der Waals surface area contributed by atoms with Gasteiger partial charge in [-0.1, -0.05) is 110 Å². The van der Waals surface area contributed by atoms with Crippen LogP contribution in [-0.4, -0.2) is 44.2 Å². The lowest BCUT2D eigenvalue weighted by atomic mass is 10.0. The van der Waals surface area contributed by atoms with Crippen LogP contribution in [0.25, 0.3) is 11.2 Å². The fraction of sp³-hybridized carbons (Fsp3) is 0.735. The molecule has 0 bridgehead atoms. The number of aromatic nitrogens is 4. The van der Waals surface area contributed by atoms with Crippen LogP contribution in [0.1, 0.15) is 142 Å². The van der Waals surface area contributed by atoms with E-state index in [-0.39, 0.29) is 42.0 Å². The van der Waals surface area contributed by atoms with Crippen molar-refractivity contribution in [1.29, 1.82) is 0 Å². The Kier molecular flexibility index (Phi) is 15.5. The quantitative estimate of drug-likeness (QED) is 0.0798. The first-order valence-electron chi connectivity index (χ1n) is 17.1. The zero-order valence-corrected chi connectivity index (χ0v) is 27.1. The van der Waals surface area contributed by atoms with Crippen molar-refractivity contribution < 1.29 is 19.1 Å². The fourth-order valence-electron chi connectivity index (χ4n) is 6.12. The van der Waals surface area contributed by atoms with Crippen molar-refractivity contribution in [3.8, 4) is 0 Å². The van der Waals surface area contributed by atoms with Gasteiger partial charge in [0.2, 0.25) is 5.95 Å². The predicted octanol–water partition coefficient (Wildman–Crippen LogP) is 7.34. The van der Waals surface area contributed by atoms with Gasteiger partial charge in [-0.05, 0) is 18.4 Å². The number of hydrogen-bond acceptors (Lipinski definition) is 8. The molecule has 1 aliphatic carbocycles. The van der Waals surface area contributed by atoms with Crippen LogP contribution in [0.2, 0.25) is 0 Å². The third kappa shape index (κ3) is 11.1. The van der Waals surface area contributed by atoms with E-state index in [1.807, 2.05) is 0 Å². The summed E-state index contributed by atoms with van der Waals surface area (Å²) in [4.78, 5) is 48.9. The molecule has 3 atom stereocenters. The van der Waals surface area contributed by atoms with Crippen molar-refractivity contribution in [3.63, 3.8) is 0 Å². The van der Waals surface area contributed by atoms with E-state index < -0.39 is 11.7 Å². The molecule has 2 aromatic rings. The molecule has 3 N–H and O–H groups in total. The van der Waals surface area contributed by atoms with Crippen LogP contribution in [0.15, 0.2) is 23.3 Å². The fourth-order valence-corrected chi connectivity index (χ4v) is 6.12. The molecule has 2 aromatic heterocycles. The number of fused-ring (bicyclic) bond motifs is 1. The van der Waals surface area contributed by atoms with Crippen molar-refractivity contribution in [2.75, 3.05) is 12.3 Å². The Bertz CT molecular complexity index is 1240. The number of anilines is 1. The molecule has 1 fully saturated rings. The lowest BCUT2D eigenvalue weighted by Crippen LogP contribution is -2.27. The van der Waals surface area contributed by atoms with E-state index in [1.54, 1.807) is 4.57 Å². The van der Waals surface area contributed by atoms with Crippen LogP contribution >= 0.6 is 0 Å². The van der Waals surface area contributed by atoms with Crippen LogP contribution < -0.4 is 11.3 Å². The van der Waals surface area contributed by atoms with Gasteiger partial charge in [-0.25, -0.2) is 4.98 Å². The number of carbonyl (C=O) groups excluding carboxylic acids is 2. The topological polar surface area (TPSA) is 142 Å². The van der Waals surface area contributed by atoms with Gasteiger partial charge < -0.3 is 19.8 Å². The predicted molar refractivity (Wildman–Crippen MR) is 174 cm³/mol. The van der Waals surface area contributed by atoms with E-state index in [2.05, 4.69) is 35.4 Å². The number of nitrogen functional groups attached to an aromatic ring is 1. The maximum atomic E-state index is 12.9. The number of H-pyrrole nitrogens is 1. The van der Waals surface area contributed by atoms with Crippen molar-refractivity contribution in [2.45, 2.75) is 148 Å². The largest absolute Gasteiger partial charge is 0.465 e. The molecule has 0 radical (unpaired) electrons. The lowest BCUT2D eigenvalue weighted by Gasteiger charge is -2.20. The lowest BCUT2D eigenvalue weighted by molar-refractivity contribution is -0.153. The number of esters is 2. The number of hydrogen-bond donors (Lipinski definition) is 2. The Balaban J connectivity index is 1.56. The molecule has 10 nitrogen and oxygen atoms in total. The highest BCUT2D eigenvalue weighted by Gasteiger charge is 2.42. The standard InChI is InChI=1S/C34H55N5O5/c1-4-6-8-10-12-14-16-18-20-29(40)43-23-26-25(3)27(39-24-36-31-32(39)37-34(35)38-33(31)42)22-28(26)44-30(41)21-19-17-15-13-11-9-7-5-2/h24,26-28H,3-23H2,1-2H3,(H3,35,37,38,42)/t26-,27?,28?/m1/s1. The zero-order valence-electron chi connectivity index (χ0n) is 27.1. The maximum Gasteiger partial charge on any atom is 0.306 e. The SMILES string of the molecule is C=C1C(n2cnc3c(=O)[nH]c(N)nc32)CC(OC(=O)CCCCCCCCCC)[C@@H]1COC(=O)CCCCCCCCCC. The number of nitrogens with zero attached hydrogens (tertiary/aromatic N) is 3. The van der Waals surface area contributed by atoms with Crippen LogP contribution in [0, 0.1) is 5.92 Å².